The Labute approximate surface area is 192 Å². The van der Waals surface area contributed by atoms with Crippen molar-refractivity contribution in [2.45, 2.75) is 25.7 Å². The normalized spacial score (nSPS) is 14.2. The third-order valence-corrected chi connectivity index (χ3v) is 5.97. The number of para-hydroxylation sites is 1. The van der Waals surface area contributed by atoms with Gasteiger partial charge in [0.15, 0.2) is 22.9 Å². The summed E-state index contributed by atoms with van der Waals surface area (Å²) in [5.41, 5.74) is 2.97. The smallest absolute Gasteiger partial charge is 0.291 e. The lowest BCUT2D eigenvalue weighted by Crippen LogP contribution is -2.25. The van der Waals surface area contributed by atoms with Gasteiger partial charge < -0.3 is 19.4 Å². The Balaban J connectivity index is 1.27. The number of amides is 1. The lowest BCUT2D eigenvalue weighted by molar-refractivity contribution is 0.0998. The van der Waals surface area contributed by atoms with E-state index in [1.54, 1.807) is 19.2 Å². The molecule has 0 radical (unpaired) electrons. The fourth-order valence-electron chi connectivity index (χ4n) is 4.17. The molecule has 2 aromatic carbocycles. The largest absolute Gasteiger partial charge is 0.493 e. The maximum Gasteiger partial charge on any atom is 0.291 e. The van der Waals surface area contributed by atoms with Crippen LogP contribution < -0.4 is 15.0 Å². The van der Waals surface area contributed by atoms with Gasteiger partial charge in [-0.3, -0.25) is 4.79 Å². The van der Waals surface area contributed by atoms with Crippen LogP contribution in [0.5, 0.6) is 5.75 Å². The second-order valence-corrected chi connectivity index (χ2v) is 8.20. The first-order valence-electron chi connectivity index (χ1n) is 11.3. The maximum atomic E-state index is 12.7. The lowest BCUT2D eigenvalue weighted by atomic mass is 10.1. The van der Waals surface area contributed by atoms with E-state index in [2.05, 4.69) is 20.4 Å². The fraction of sp³-hybridized carbons (Fsp3) is 0.269. The van der Waals surface area contributed by atoms with E-state index in [0.717, 1.165) is 35.6 Å². The number of aromatic nitrogens is 2. The Bertz CT molecular complexity index is 1240. The second kappa shape index (κ2) is 9.32. The summed E-state index contributed by atoms with van der Waals surface area (Å²) in [4.78, 5) is 15.0. The zero-order chi connectivity index (χ0) is 22.6. The van der Waals surface area contributed by atoms with Crippen molar-refractivity contribution >= 4 is 28.4 Å². The number of furan rings is 1. The average Bonchev–Trinajstić information content (AvgIpc) is 3.12. The zero-order valence-corrected chi connectivity index (χ0v) is 18.6. The van der Waals surface area contributed by atoms with Crippen LogP contribution in [-0.2, 0) is 0 Å². The van der Waals surface area contributed by atoms with Crippen molar-refractivity contribution in [1.82, 2.24) is 10.2 Å². The highest BCUT2D eigenvalue weighted by molar-refractivity contribution is 6.05. The Morgan fingerprint density at radius 3 is 2.45 bits per heavy atom. The Hall–Kier alpha value is -3.87. The van der Waals surface area contributed by atoms with Gasteiger partial charge in [0.25, 0.3) is 5.91 Å². The standard InChI is InChI=1S/C26H26N4O3/c1-32-22-8-6-7-19-17-23(33-25(19)22)26(31)27-20-11-9-18(10-12-20)21-13-14-24(29-28-21)30-15-4-2-3-5-16-30/h6-14,17H,2-5,15-16H2,1H3,(H,27,31). The molecular formula is C26H26N4O3. The maximum absolute atomic E-state index is 12.7. The van der Waals surface area contributed by atoms with Crippen molar-refractivity contribution in [2.75, 3.05) is 30.4 Å². The van der Waals surface area contributed by atoms with Crippen LogP contribution in [0.15, 0.2) is 65.1 Å². The third kappa shape index (κ3) is 4.53. The number of carbonyl (C=O) groups is 1. The van der Waals surface area contributed by atoms with Crippen molar-refractivity contribution in [3.8, 4) is 17.0 Å². The van der Waals surface area contributed by atoms with Crippen molar-refractivity contribution in [3.05, 3.63) is 66.4 Å². The van der Waals surface area contributed by atoms with Gasteiger partial charge in [-0.1, -0.05) is 37.1 Å². The molecule has 0 unspecified atom stereocenters. The molecule has 1 aliphatic rings. The Morgan fingerprint density at radius 2 is 1.76 bits per heavy atom. The van der Waals surface area contributed by atoms with Gasteiger partial charge in [0.1, 0.15) is 0 Å². The molecule has 0 aliphatic carbocycles. The van der Waals surface area contributed by atoms with Gasteiger partial charge in [0, 0.05) is 29.7 Å². The average molecular weight is 443 g/mol. The quantitative estimate of drug-likeness (QED) is 0.438. The van der Waals surface area contributed by atoms with E-state index in [1.807, 2.05) is 48.5 Å². The molecule has 1 saturated heterocycles. The first-order valence-corrected chi connectivity index (χ1v) is 11.3. The van der Waals surface area contributed by atoms with E-state index >= 15 is 0 Å². The first kappa shape index (κ1) is 21.0. The van der Waals surface area contributed by atoms with Crippen LogP contribution in [0.1, 0.15) is 36.2 Å². The Morgan fingerprint density at radius 1 is 0.970 bits per heavy atom. The van der Waals surface area contributed by atoms with E-state index in [0.29, 0.717) is 17.0 Å². The molecule has 168 valence electrons. The molecule has 7 heteroatoms. The number of hydrogen-bond donors (Lipinski definition) is 1. The van der Waals surface area contributed by atoms with E-state index in [4.69, 9.17) is 9.15 Å². The fourth-order valence-corrected chi connectivity index (χ4v) is 4.17. The van der Waals surface area contributed by atoms with Crippen LogP contribution >= 0.6 is 0 Å². The molecule has 2 aromatic heterocycles. The SMILES string of the molecule is COc1cccc2cc(C(=O)Nc3ccc(-c4ccc(N5CCCCCC5)nn4)cc3)oc12. The highest BCUT2D eigenvalue weighted by Crippen LogP contribution is 2.29. The van der Waals surface area contributed by atoms with E-state index in [-0.39, 0.29) is 11.7 Å². The number of rotatable bonds is 5. The number of carbonyl (C=O) groups excluding carboxylic acids is 1. The Kier molecular flexibility index (Phi) is 5.93. The molecule has 1 aliphatic heterocycles. The van der Waals surface area contributed by atoms with Gasteiger partial charge in [0.05, 0.1) is 12.8 Å². The molecule has 0 spiro atoms. The van der Waals surface area contributed by atoms with Gasteiger partial charge >= 0.3 is 0 Å². The summed E-state index contributed by atoms with van der Waals surface area (Å²) in [7, 11) is 1.57. The number of methoxy groups -OCH3 is 1. The van der Waals surface area contributed by atoms with Crippen LogP contribution in [0, 0.1) is 0 Å². The molecule has 7 nitrogen and oxygen atoms in total. The van der Waals surface area contributed by atoms with Crippen molar-refractivity contribution in [3.63, 3.8) is 0 Å². The van der Waals surface area contributed by atoms with Crippen LogP contribution in [0.25, 0.3) is 22.2 Å². The summed E-state index contributed by atoms with van der Waals surface area (Å²) >= 11 is 0. The molecule has 0 atom stereocenters. The molecular weight excluding hydrogens is 416 g/mol. The summed E-state index contributed by atoms with van der Waals surface area (Å²) < 4.78 is 11.0. The minimum atomic E-state index is -0.317. The highest BCUT2D eigenvalue weighted by atomic mass is 16.5. The second-order valence-electron chi connectivity index (χ2n) is 8.20. The van der Waals surface area contributed by atoms with E-state index in [1.165, 1.54) is 25.7 Å². The molecule has 1 amide bonds. The van der Waals surface area contributed by atoms with Gasteiger partial charge in [-0.25, -0.2) is 0 Å². The molecule has 4 aromatic rings. The van der Waals surface area contributed by atoms with Crippen LogP contribution in [0.2, 0.25) is 0 Å². The topological polar surface area (TPSA) is 80.5 Å². The van der Waals surface area contributed by atoms with Gasteiger partial charge in [-0.2, -0.15) is 0 Å². The number of hydrogen-bond acceptors (Lipinski definition) is 6. The van der Waals surface area contributed by atoms with Crippen molar-refractivity contribution in [1.29, 1.82) is 0 Å². The van der Waals surface area contributed by atoms with Crippen LogP contribution in [0.4, 0.5) is 11.5 Å². The molecule has 1 fully saturated rings. The zero-order valence-electron chi connectivity index (χ0n) is 18.6. The minimum Gasteiger partial charge on any atom is -0.493 e. The minimum absolute atomic E-state index is 0.230. The van der Waals surface area contributed by atoms with Crippen LogP contribution in [0.3, 0.4) is 0 Å². The monoisotopic (exact) mass is 442 g/mol. The van der Waals surface area contributed by atoms with Crippen LogP contribution in [-0.4, -0.2) is 36.3 Å². The van der Waals surface area contributed by atoms with Gasteiger partial charge in [-0.15, -0.1) is 10.2 Å². The van der Waals surface area contributed by atoms with E-state index < -0.39 is 0 Å². The first-order chi connectivity index (χ1) is 16.2. The summed E-state index contributed by atoms with van der Waals surface area (Å²) in [5.74, 6) is 1.45. The third-order valence-electron chi connectivity index (χ3n) is 5.97. The molecule has 0 saturated carbocycles. The number of nitrogens with one attached hydrogen (secondary N) is 1. The lowest BCUT2D eigenvalue weighted by Gasteiger charge is -2.20. The predicted molar refractivity (Wildman–Crippen MR) is 129 cm³/mol. The molecule has 5 rings (SSSR count). The highest BCUT2D eigenvalue weighted by Gasteiger charge is 2.15. The van der Waals surface area contributed by atoms with Gasteiger partial charge in [-0.05, 0) is 49.2 Å². The number of ether oxygens (including phenoxy) is 1. The predicted octanol–water partition coefficient (Wildman–Crippen LogP) is 5.53. The molecule has 0 bridgehead atoms. The number of anilines is 2. The number of benzene rings is 2. The summed E-state index contributed by atoms with van der Waals surface area (Å²) in [5, 5.41) is 12.6. The van der Waals surface area contributed by atoms with Crippen molar-refractivity contribution < 1.29 is 13.9 Å². The molecule has 1 N–H and O–H groups in total. The molecule has 3 heterocycles. The summed E-state index contributed by atoms with van der Waals surface area (Å²) in [6.07, 6.45) is 4.99. The number of fused-ring (bicyclic) bond motifs is 1. The molecule has 33 heavy (non-hydrogen) atoms. The summed E-state index contributed by atoms with van der Waals surface area (Å²) in [6, 6.07) is 18.8. The number of nitrogens with zero attached hydrogens (tertiary/aromatic N) is 3. The van der Waals surface area contributed by atoms with Gasteiger partial charge in [0.2, 0.25) is 0 Å². The van der Waals surface area contributed by atoms with E-state index in [9.17, 15) is 4.79 Å². The van der Waals surface area contributed by atoms with Crippen molar-refractivity contribution in [2.24, 2.45) is 0 Å². The summed E-state index contributed by atoms with van der Waals surface area (Å²) in [6.45, 7) is 2.08.